The number of aliphatic imine (C=N–C) groups is 1. The van der Waals surface area contributed by atoms with Crippen LogP contribution in [-0.4, -0.2) is 16.8 Å². The lowest BCUT2D eigenvalue weighted by Crippen LogP contribution is -2.28. The van der Waals surface area contributed by atoms with Crippen molar-refractivity contribution in [2.24, 2.45) is 10.4 Å². The van der Waals surface area contributed by atoms with Gasteiger partial charge in [-0.25, -0.2) is 0 Å². The average molecular weight is 390 g/mol. The van der Waals surface area contributed by atoms with Gasteiger partial charge in [0.25, 0.3) is 5.56 Å². The third-order valence-electron chi connectivity index (χ3n) is 6.80. The topological polar surface area (TPSA) is 34.4 Å². The third kappa shape index (κ3) is 2.40. The number of nitrogens with zero attached hydrogens (tertiary/aromatic N) is 2. The maximum absolute atomic E-state index is 13.7. The fourth-order valence-corrected chi connectivity index (χ4v) is 4.98. The molecule has 1 aromatic heterocycles. The highest BCUT2D eigenvalue weighted by Crippen LogP contribution is 2.51. The van der Waals surface area contributed by atoms with E-state index in [9.17, 15) is 4.79 Å². The number of pyridine rings is 1. The fraction of sp³-hybridized carbons (Fsp3) is 0.259. The Kier molecular flexibility index (Phi) is 3.53. The van der Waals surface area contributed by atoms with Gasteiger partial charge in [0.05, 0.1) is 11.4 Å². The summed E-state index contributed by atoms with van der Waals surface area (Å²) in [5, 5.41) is 1.88. The largest absolute Gasteiger partial charge is 0.288 e. The van der Waals surface area contributed by atoms with Crippen LogP contribution in [0.15, 0.2) is 63.9 Å². The van der Waals surface area contributed by atoms with Gasteiger partial charge in [0.15, 0.2) is 0 Å². The van der Waals surface area contributed by atoms with Gasteiger partial charge in [-0.15, -0.1) is 0 Å². The molecule has 1 fully saturated rings. The first-order chi connectivity index (χ1) is 14.6. The zero-order valence-electron chi connectivity index (χ0n) is 17.2. The highest BCUT2D eigenvalue weighted by Gasteiger charge is 2.49. The normalized spacial score (nSPS) is 22.6. The van der Waals surface area contributed by atoms with E-state index in [-0.39, 0.29) is 11.0 Å². The second-order valence-electron chi connectivity index (χ2n) is 8.81. The highest BCUT2D eigenvalue weighted by molar-refractivity contribution is 5.98. The number of benzene rings is 2. The van der Waals surface area contributed by atoms with Gasteiger partial charge in [-0.2, -0.15) is 0 Å². The van der Waals surface area contributed by atoms with E-state index in [1.165, 1.54) is 11.1 Å². The first-order valence-electron chi connectivity index (χ1n) is 10.6. The lowest BCUT2D eigenvalue weighted by molar-refractivity contribution is 0.697. The summed E-state index contributed by atoms with van der Waals surface area (Å²) in [4.78, 5) is 18.3. The molecule has 0 bridgehead atoms. The zero-order valence-corrected chi connectivity index (χ0v) is 17.2. The molecule has 2 unspecified atom stereocenters. The minimum Gasteiger partial charge on any atom is -0.288 e. The summed E-state index contributed by atoms with van der Waals surface area (Å²) >= 11 is 0. The van der Waals surface area contributed by atoms with E-state index >= 15 is 0 Å². The van der Waals surface area contributed by atoms with Crippen molar-refractivity contribution in [3.05, 3.63) is 86.9 Å². The van der Waals surface area contributed by atoms with Crippen LogP contribution >= 0.6 is 0 Å². The fourth-order valence-electron chi connectivity index (χ4n) is 4.98. The molecule has 2 aliphatic carbocycles. The molecule has 3 aliphatic rings. The number of para-hydroxylation sites is 1. The number of allylic oxidation sites excluding steroid dienone is 1. The summed E-state index contributed by atoms with van der Waals surface area (Å²) in [6.45, 7) is 4.36. The van der Waals surface area contributed by atoms with E-state index < -0.39 is 0 Å². The molecule has 0 saturated heterocycles. The summed E-state index contributed by atoms with van der Waals surface area (Å²) in [7, 11) is 0. The molecule has 30 heavy (non-hydrogen) atoms. The van der Waals surface area contributed by atoms with Gasteiger partial charge in [0.1, 0.15) is 0 Å². The summed E-state index contributed by atoms with van der Waals surface area (Å²) < 4.78 is 1.89. The van der Waals surface area contributed by atoms with Crippen LogP contribution in [-0.2, 0) is 12.8 Å². The summed E-state index contributed by atoms with van der Waals surface area (Å²) in [6, 6.07) is 14.5. The van der Waals surface area contributed by atoms with Crippen LogP contribution in [0.1, 0.15) is 42.7 Å². The van der Waals surface area contributed by atoms with Crippen molar-refractivity contribution in [2.45, 2.75) is 39.2 Å². The van der Waals surface area contributed by atoms with Gasteiger partial charge >= 0.3 is 0 Å². The first kappa shape index (κ1) is 17.5. The number of aromatic nitrogens is 1. The minimum atomic E-state index is 0.0307. The van der Waals surface area contributed by atoms with E-state index in [1.807, 2.05) is 47.2 Å². The lowest BCUT2D eigenvalue weighted by Gasteiger charge is -2.27. The van der Waals surface area contributed by atoms with Crippen molar-refractivity contribution in [3.8, 4) is 17.5 Å². The Morgan fingerprint density at radius 2 is 1.97 bits per heavy atom. The summed E-state index contributed by atoms with van der Waals surface area (Å²) in [5.74, 6) is 6.58. The third-order valence-corrected chi connectivity index (χ3v) is 6.80. The number of fused-ring (bicyclic) bond motifs is 1. The zero-order chi connectivity index (χ0) is 20.5. The van der Waals surface area contributed by atoms with Crippen LogP contribution in [0, 0.1) is 17.3 Å². The first-order valence-corrected chi connectivity index (χ1v) is 10.6. The number of hydrogen-bond acceptors (Lipinski definition) is 2. The molecular formula is C27H22N2O. The average Bonchev–Trinajstić information content (AvgIpc) is 3.43. The van der Waals surface area contributed by atoms with Crippen molar-refractivity contribution in [1.29, 1.82) is 0 Å². The van der Waals surface area contributed by atoms with Crippen LogP contribution in [0.3, 0.4) is 0 Å². The molecule has 0 radical (unpaired) electrons. The number of dihydropyridines is 1. The van der Waals surface area contributed by atoms with Crippen LogP contribution in [0.5, 0.6) is 0 Å². The predicted molar refractivity (Wildman–Crippen MR) is 122 cm³/mol. The van der Waals surface area contributed by atoms with Crippen molar-refractivity contribution >= 4 is 17.0 Å². The van der Waals surface area contributed by atoms with E-state index in [0.29, 0.717) is 6.04 Å². The summed E-state index contributed by atoms with van der Waals surface area (Å²) in [6.07, 6.45) is 6.99. The molecule has 2 heterocycles. The maximum atomic E-state index is 13.7. The highest BCUT2D eigenvalue weighted by atomic mass is 16.1. The van der Waals surface area contributed by atoms with Crippen LogP contribution < -0.4 is 5.56 Å². The molecule has 2 atom stereocenters. The van der Waals surface area contributed by atoms with Crippen LogP contribution in [0.2, 0.25) is 0 Å². The molecule has 0 spiro atoms. The molecule has 0 amide bonds. The SMILES string of the molecule is CCc1c2c3c(ccc(C#CC4=CC5(C)CC5N=C4)c3c(=O)n1-c1ccccc1)C2. The van der Waals surface area contributed by atoms with Crippen molar-refractivity contribution in [3.63, 3.8) is 0 Å². The molecule has 3 nitrogen and oxygen atoms in total. The molecule has 146 valence electrons. The van der Waals surface area contributed by atoms with Gasteiger partial charge < -0.3 is 0 Å². The van der Waals surface area contributed by atoms with Crippen molar-refractivity contribution in [2.75, 3.05) is 0 Å². The molecule has 6 rings (SSSR count). The Hall–Kier alpha value is -3.38. The Morgan fingerprint density at radius 3 is 2.73 bits per heavy atom. The second-order valence-corrected chi connectivity index (χ2v) is 8.81. The molecule has 2 aromatic carbocycles. The Labute approximate surface area is 175 Å². The minimum absolute atomic E-state index is 0.0307. The second kappa shape index (κ2) is 6.06. The Bertz CT molecular complexity index is 1410. The number of hydrogen-bond donors (Lipinski definition) is 0. The number of rotatable bonds is 2. The van der Waals surface area contributed by atoms with E-state index in [1.54, 1.807) is 0 Å². The molecule has 3 heteroatoms. The summed E-state index contributed by atoms with van der Waals surface area (Å²) in [5.41, 5.74) is 6.56. The standard InChI is InChI=1S/C27H22N2O/c1-3-22-21-13-19-12-11-18(10-9-17-14-27(2)15-23(27)28-16-17)25(24(19)21)26(30)29(22)20-7-5-4-6-8-20/h4-8,11-12,14,16,23H,3,13,15H2,1-2H3. The molecule has 1 aliphatic heterocycles. The Balaban J connectivity index is 1.58. The Morgan fingerprint density at radius 1 is 1.13 bits per heavy atom. The van der Waals surface area contributed by atoms with Gasteiger partial charge in [-0.1, -0.05) is 56.0 Å². The molecule has 3 aromatic rings. The predicted octanol–water partition coefficient (Wildman–Crippen LogP) is 4.60. The van der Waals surface area contributed by atoms with Gasteiger partial charge in [-0.05, 0) is 47.6 Å². The van der Waals surface area contributed by atoms with Gasteiger partial charge in [-0.3, -0.25) is 14.4 Å². The molecule has 1 saturated carbocycles. The smallest absolute Gasteiger partial charge is 0.264 e. The van der Waals surface area contributed by atoms with Crippen LogP contribution in [0.25, 0.3) is 16.5 Å². The van der Waals surface area contributed by atoms with Crippen LogP contribution in [0.4, 0.5) is 0 Å². The molecule has 0 N–H and O–H groups in total. The van der Waals surface area contributed by atoms with E-state index in [2.05, 4.69) is 42.8 Å². The lowest BCUT2D eigenvalue weighted by atomic mass is 9.82. The van der Waals surface area contributed by atoms with Gasteiger partial charge in [0, 0.05) is 40.6 Å². The van der Waals surface area contributed by atoms with Gasteiger partial charge in [0.2, 0.25) is 0 Å². The van der Waals surface area contributed by atoms with Crippen molar-refractivity contribution in [1.82, 2.24) is 4.57 Å². The van der Waals surface area contributed by atoms with Crippen molar-refractivity contribution < 1.29 is 0 Å². The monoisotopic (exact) mass is 390 g/mol. The maximum Gasteiger partial charge on any atom is 0.264 e. The van der Waals surface area contributed by atoms with E-state index in [4.69, 9.17) is 0 Å². The van der Waals surface area contributed by atoms with E-state index in [0.717, 1.165) is 52.6 Å². The quantitative estimate of drug-likeness (QED) is 0.461. The molecular weight excluding hydrogens is 368 g/mol.